The largest absolute Gasteiger partial charge is 0.393 e. The zero-order chi connectivity index (χ0) is 11.0. The maximum absolute atomic E-state index is 11.5. The summed E-state index contributed by atoms with van der Waals surface area (Å²) in [4.78, 5) is 11.8. The number of carbonyl (C=O) groups excluding carboxylic acids is 1. The number of amides is 1. The van der Waals surface area contributed by atoms with Gasteiger partial charge in [-0.25, -0.2) is 0 Å². The van der Waals surface area contributed by atoms with Crippen LogP contribution in [0.2, 0.25) is 0 Å². The van der Waals surface area contributed by atoms with Crippen LogP contribution in [-0.2, 0) is 4.79 Å². The van der Waals surface area contributed by atoms with E-state index in [1.807, 2.05) is 6.92 Å². The number of rotatable bonds is 7. The fraction of sp³-hybridized carbons (Fsp3) is 0.800. The first-order valence-electron chi connectivity index (χ1n) is 5.20. The molecule has 82 valence electrons. The molecular formula is C10H20N2OS. The molecule has 0 spiro atoms. The lowest BCUT2D eigenvalue weighted by molar-refractivity contribution is -0.123. The van der Waals surface area contributed by atoms with Crippen LogP contribution in [0.25, 0.3) is 0 Å². The molecule has 0 radical (unpaired) electrons. The fourth-order valence-electron chi connectivity index (χ4n) is 1.23. The van der Waals surface area contributed by atoms with Gasteiger partial charge in [0.05, 0.1) is 10.9 Å². The molecule has 0 aliphatic carbocycles. The molecule has 0 rings (SSSR count). The lowest BCUT2D eigenvalue weighted by Gasteiger charge is -2.12. The molecule has 1 unspecified atom stereocenters. The summed E-state index contributed by atoms with van der Waals surface area (Å²) in [6.45, 7) is 4.77. The van der Waals surface area contributed by atoms with Gasteiger partial charge >= 0.3 is 0 Å². The summed E-state index contributed by atoms with van der Waals surface area (Å²) >= 11 is 4.81. The second-order valence-electron chi connectivity index (χ2n) is 3.36. The maximum Gasteiger partial charge on any atom is 0.229 e. The first kappa shape index (κ1) is 13.4. The van der Waals surface area contributed by atoms with E-state index in [2.05, 4.69) is 12.2 Å². The zero-order valence-electron chi connectivity index (χ0n) is 9.01. The van der Waals surface area contributed by atoms with Gasteiger partial charge in [0.2, 0.25) is 5.91 Å². The van der Waals surface area contributed by atoms with Crippen LogP contribution >= 0.6 is 12.2 Å². The van der Waals surface area contributed by atoms with Gasteiger partial charge in [-0.05, 0) is 12.8 Å². The summed E-state index contributed by atoms with van der Waals surface area (Å²) in [5.74, 6) is -0.331. The molecule has 0 saturated heterocycles. The van der Waals surface area contributed by atoms with Crippen molar-refractivity contribution in [2.24, 2.45) is 11.7 Å². The second kappa shape index (κ2) is 7.74. The molecule has 14 heavy (non-hydrogen) atoms. The van der Waals surface area contributed by atoms with Crippen molar-refractivity contribution in [1.82, 2.24) is 5.32 Å². The second-order valence-corrected chi connectivity index (χ2v) is 3.83. The molecule has 3 nitrogen and oxygen atoms in total. The van der Waals surface area contributed by atoms with Crippen LogP contribution in [0.4, 0.5) is 0 Å². The van der Waals surface area contributed by atoms with Crippen molar-refractivity contribution in [2.75, 3.05) is 6.54 Å². The molecule has 0 aromatic heterocycles. The van der Waals surface area contributed by atoms with E-state index in [1.54, 1.807) is 0 Å². The average Bonchev–Trinajstić information content (AvgIpc) is 2.13. The average molecular weight is 216 g/mol. The number of nitrogens with one attached hydrogen (secondary N) is 1. The Morgan fingerprint density at radius 1 is 1.43 bits per heavy atom. The SMILES string of the molecule is CCCCCNC(=O)C(CC)C(N)=S. The van der Waals surface area contributed by atoms with E-state index in [0.29, 0.717) is 11.4 Å². The van der Waals surface area contributed by atoms with Gasteiger partial charge in [-0.1, -0.05) is 38.9 Å². The van der Waals surface area contributed by atoms with Crippen molar-refractivity contribution in [3.05, 3.63) is 0 Å². The number of unbranched alkanes of at least 4 members (excludes halogenated alkanes) is 2. The Morgan fingerprint density at radius 2 is 2.07 bits per heavy atom. The minimum Gasteiger partial charge on any atom is -0.393 e. The van der Waals surface area contributed by atoms with Crippen LogP contribution in [-0.4, -0.2) is 17.4 Å². The molecule has 0 fully saturated rings. The van der Waals surface area contributed by atoms with Gasteiger partial charge in [-0.2, -0.15) is 0 Å². The van der Waals surface area contributed by atoms with E-state index in [9.17, 15) is 4.79 Å². The highest BCUT2D eigenvalue weighted by atomic mass is 32.1. The van der Waals surface area contributed by atoms with E-state index in [0.717, 1.165) is 25.8 Å². The summed E-state index contributed by atoms with van der Waals surface area (Å²) in [7, 11) is 0. The summed E-state index contributed by atoms with van der Waals surface area (Å²) in [6.07, 6.45) is 4.00. The van der Waals surface area contributed by atoms with Crippen LogP contribution in [0.5, 0.6) is 0 Å². The molecule has 0 aliphatic heterocycles. The van der Waals surface area contributed by atoms with Crippen molar-refractivity contribution in [2.45, 2.75) is 39.5 Å². The summed E-state index contributed by atoms with van der Waals surface area (Å²) in [5.41, 5.74) is 5.45. The van der Waals surface area contributed by atoms with E-state index in [-0.39, 0.29) is 11.8 Å². The predicted octanol–water partition coefficient (Wildman–Crippen LogP) is 1.61. The van der Waals surface area contributed by atoms with Gasteiger partial charge in [-0.15, -0.1) is 0 Å². The zero-order valence-corrected chi connectivity index (χ0v) is 9.82. The Morgan fingerprint density at radius 3 is 2.50 bits per heavy atom. The van der Waals surface area contributed by atoms with Crippen molar-refractivity contribution >= 4 is 23.1 Å². The lowest BCUT2D eigenvalue weighted by Crippen LogP contribution is -2.37. The lowest BCUT2D eigenvalue weighted by atomic mass is 10.1. The molecule has 0 bridgehead atoms. The number of hydrogen-bond donors (Lipinski definition) is 2. The standard InChI is InChI=1S/C10H20N2OS/c1-3-5-6-7-12-10(13)8(4-2)9(11)14/h8H,3-7H2,1-2H3,(H2,11,14)(H,12,13). The molecule has 1 atom stereocenters. The molecule has 4 heteroatoms. The van der Waals surface area contributed by atoms with Crippen molar-refractivity contribution in [3.63, 3.8) is 0 Å². The highest BCUT2D eigenvalue weighted by Crippen LogP contribution is 2.03. The number of carbonyl (C=O) groups is 1. The summed E-state index contributed by atoms with van der Waals surface area (Å²) in [5, 5.41) is 2.84. The Kier molecular flexibility index (Phi) is 7.38. The van der Waals surface area contributed by atoms with E-state index >= 15 is 0 Å². The van der Waals surface area contributed by atoms with Crippen LogP contribution in [0.1, 0.15) is 39.5 Å². The topological polar surface area (TPSA) is 55.1 Å². The quantitative estimate of drug-likeness (QED) is 0.502. The third kappa shape index (κ3) is 5.17. The summed E-state index contributed by atoms with van der Waals surface area (Å²) < 4.78 is 0. The molecule has 0 aromatic rings. The van der Waals surface area contributed by atoms with Gasteiger partial charge in [0.25, 0.3) is 0 Å². The third-order valence-corrected chi connectivity index (χ3v) is 2.43. The van der Waals surface area contributed by atoms with E-state index < -0.39 is 0 Å². The molecule has 0 aliphatic rings. The smallest absolute Gasteiger partial charge is 0.229 e. The summed E-state index contributed by atoms with van der Waals surface area (Å²) in [6, 6.07) is 0. The number of nitrogens with two attached hydrogens (primary N) is 1. The Balaban J connectivity index is 3.76. The van der Waals surface area contributed by atoms with Gasteiger partial charge in [0.15, 0.2) is 0 Å². The highest BCUT2D eigenvalue weighted by molar-refractivity contribution is 7.80. The third-order valence-electron chi connectivity index (χ3n) is 2.15. The first-order chi connectivity index (χ1) is 6.63. The predicted molar refractivity (Wildman–Crippen MR) is 63.1 cm³/mol. The molecule has 0 heterocycles. The Labute approximate surface area is 91.4 Å². The first-order valence-corrected chi connectivity index (χ1v) is 5.61. The molecule has 3 N–H and O–H groups in total. The molecule has 1 amide bonds. The normalized spacial score (nSPS) is 12.1. The monoisotopic (exact) mass is 216 g/mol. The van der Waals surface area contributed by atoms with Gasteiger partial charge in [0.1, 0.15) is 0 Å². The fourth-order valence-corrected chi connectivity index (χ4v) is 1.50. The van der Waals surface area contributed by atoms with Crippen LogP contribution in [0, 0.1) is 5.92 Å². The van der Waals surface area contributed by atoms with Crippen molar-refractivity contribution in [1.29, 1.82) is 0 Å². The molecular weight excluding hydrogens is 196 g/mol. The molecule has 0 aromatic carbocycles. The highest BCUT2D eigenvalue weighted by Gasteiger charge is 2.17. The van der Waals surface area contributed by atoms with Crippen LogP contribution in [0.15, 0.2) is 0 Å². The van der Waals surface area contributed by atoms with E-state index in [4.69, 9.17) is 18.0 Å². The van der Waals surface area contributed by atoms with Crippen LogP contribution in [0.3, 0.4) is 0 Å². The van der Waals surface area contributed by atoms with Gasteiger partial charge in [0, 0.05) is 6.54 Å². The van der Waals surface area contributed by atoms with Crippen LogP contribution < -0.4 is 11.1 Å². The minimum atomic E-state index is -0.299. The number of thiocarbonyl (C=S) groups is 1. The number of hydrogen-bond acceptors (Lipinski definition) is 2. The van der Waals surface area contributed by atoms with Crippen molar-refractivity contribution < 1.29 is 4.79 Å². The Hall–Kier alpha value is -0.640. The van der Waals surface area contributed by atoms with Crippen molar-refractivity contribution in [3.8, 4) is 0 Å². The maximum atomic E-state index is 11.5. The Bertz CT molecular complexity index is 195. The van der Waals surface area contributed by atoms with Gasteiger partial charge in [-0.3, -0.25) is 4.79 Å². The minimum absolute atomic E-state index is 0.0314. The molecule has 0 saturated carbocycles. The van der Waals surface area contributed by atoms with Gasteiger partial charge < -0.3 is 11.1 Å². The van der Waals surface area contributed by atoms with E-state index in [1.165, 1.54) is 0 Å².